The van der Waals surface area contributed by atoms with E-state index in [1.54, 1.807) is 0 Å². The fourth-order valence-corrected chi connectivity index (χ4v) is 2.56. The number of rotatable bonds is 0. The molecule has 2 rings (SSSR count). The van der Waals surface area contributed by atoms with E-state index in [-0.39, 0.29) is 6.42 Å². The number of halogens is 2. The van der Waals surface area contributed by atoms with Crippen LogP contribution >= 0.6 is 0 Å². The second-order valence-corrected chi connectivity index (χ2v) is 4.12. The van der Waals surface area contributed by atoms with Crippen molar-refractivity contribution < 1.29 is 8.78 Å². The molecule has 1 nitrogen and oxygen atoms in total. The molecule has 0 bridgehead atoms. The number of hydrogen-bond acceptors (Lipinski definition) is 1. The monoisotopic (exact) mass is 175 g/mol. The maximum Gasteiger partial charge on any atom is 0.256 e. The van der Waals surface area contributed by atoms with E-state index in [0.29, 0.717) is 25.9 Å². The van der Waals surface area contributed by atoms with Gasteiger partial charge in [0.1, 0.15) is 0 Å². The summed E-state index contributed by atoms with van der Waals surface area (Å²) in [5.41, 5.74) is -0.675. The maximum atomic E-state index is 13.5. The Bertz CT molecular complexity index is 173. The highest BCUT2D eigenvalue weighted by atomic mass is 19.3. The lowest BCUT2D eigenvalue weighted by Crippen LogP contribution is -2.52. The van der Waals surface area contributed by atoms with Gasteiger partial charge in [0.15, 0.2) is 0 Å². The summed E-state index contributed by atoms with van der Waals surface area (Å²) >= 11 is 0. The molecule has 3 heteroatoms. The second-order valence-electron chi connectivity index (χ2n) is 4.12. The van der Waals surface area contributed by atoms with E-state index in [4.69, 9.17) is 0 Å². The van der Waals surface area contributed by atoms with Crippen LogP contribution in [0, 0.1) is 5.41 Å². The van der Waals surface area contributed by atoms with Crippen LogP contribution in [0.3, 0.4) is 0 Å². The van der Waals surface area contributed by atoms with Gasteiger partial charge in [-0.15, -0.1) is 0 Å². The topological polar surface area (TPSA) is 12.0 Å². The van der Waals surface area contributed by atoms with Crippen molar-refractivity contribution in [2.24, 2.45) is 5.41 Å². The number of alkyl halides is 2. The molecule has 1 aliphatic heterocycles. The summed E-state index contributed by atoms with van der Waals surface area (Å²) in [6.45, 7) is 1.01. The Balaban J connectivity index is 2.19. The van der Waals surface area contributed by atoms with Gasteiger partial charge in [-0.2, -0.15) is 0 Å². The van der Waals surface area contributed by atoms with Crippen LogP contribution in [-0.4, -0.2) is 19.0 Å². The van der Waals surface area contributed by atoms with Crippen molar-refractivity contribution in [2.75, 3.05) is 13.1 Å². The van der Waals surface area contributed by atoms with Gasteiger partial charge in [0.25, 0.3) is 5.92 Å². The molecule has 1 N–H and O–H groups in total. The zero-order chi connectivity index (χ0) is 8.66. The molecule has 0 atom stereocenters. The summed E-state index contributed by atoms with van der Waals surface area (Å²) in [7, 11) is 0. The smallest absolute Gasteiger partial charge is 0.256 e. The third-order valence-electron chi connectivity index (χ3n) is 3.42. The van der Waals surface area contributed by atoms with Gasteiger partial charge >= 0.3 is 0 Å². The van der Waals surface area contributed by atoms with Crippen molar-refractivity contribution in [1.29, 1.82) is 0 Å². The first-order chi connectivity index (χ1) is 5.66. The lowest BCUT2D eigenvalue weighted by Gasteiger charge is -2.41. The molecule has 1 heterocycles. The standard InChI is InChI=1S/C9H15F2N/c10-9(11)5-6-12-7-8(9)3-1-2-4-8/h12H,1-7H2. The highest BCUT2D eigenvalue weighted by Gasteiger charge is 2.55. The molecule has 0 unspecified atom stereocenters. The van der Waals surface area contributed by atoms with Gasteiger partial charge in [-0.05, 0) is 12.8 Å². The van der Waals surface area contributed by atoms with Crippen molar-refractivity contribution in [3.8, 4) is 0 Å². The number of hydrogen-bond donors (Lipinski definition) is 1. The van der Waals surface area contributed by atoms with E-state index in [2.05, 4.69) is 5.32 Å². The average Bonchev–Trinajstić information content (AvgIpc) is 2.46. The molecule has 0 aromatic rings. The van der Waals surface area contributed by atoms with E-state index in [0.717, 1.165) is 12.8 Å². The van der Waals surface area contributed by atoms with Gasteiger partial charge < -0.3 is 5.32 Å². The number of piperidine rings is 1. The Labute approximate surface area is 71.5 Å². The van der Waals surface area contributed by atoms with Gasteiger partial charge in [-0.3, -0.25) is 0 Å². The van der Waals surface area contributed by atoms with Crippen LogP contribution in [0.25, 0.3) is 0 Å². The molecular formula is C9H15F2N. The first kappa shape index (κ1) is 8.42. The van der Waals surface area contributed by atoms with Gasteiger partial charge in [-0.1, -0.05) is 12.8 Å². The third-order valence-corrected chi connectivity index (χ3v) is 3.42. The van der Waals surface area contributed by atoms with Gasteiger partial charge in [0.05, 0.1) is 0 Å². The summed E-state index contributed by atoms with van der Waals surface area (Å²) in [6, 6.07) is 0. The Morgan fingerprint density at radius 3 is 2.25 bits per heavy atom. The summed E-state index contributed by atoms with van der Waals surface area (Å²) in [5.74, 6) is -2.41. The number of nitrogens with one attached hydrogen (secondary N) is 1. The summed E-state index contributed by atoms with van der Waals surface area (Å²) < 4.78 is 27.0. The van der Waals surface area contributed by atoms with Crippen molar-refractivity contribution in [3.63, 3.8) is 0 Å². The van der Waals surface area contributed by atoms with E-state index < -0.39 is 11.3 Å². The molecule has 12 heavy (non-hydrogen) atoms. The molecule has 1 spiro atoms. The molecule has 0 amide bonds. The lowest BCUT2D eigenvalue weighted by molar-refractivity contribution is -0.138. The van der Waals surface area contributed by atoms with Crippen LogP contribution in [0.1, 0.15) is 32.1 Å². The normalized spacial score (nSPS) is 32.5. The molecule has 70 valence electrons. The molecule has 0 aromatic carbocycles. The maximum absolute atomic E-state index is 13.5. The third kappa shape index (κ3) is 1.06. The zero-order valence-corrected chi connectivity index (χ0v) is 7.21. The Morgan fingerprint density at radius 1 is 1.00 bits per heavy atom. The average molecular weight is 175 g/mol. The van der Waals surface area contributed by atoms with Crippen LogP contribution in [-0.2, 0) is 0 Å². The van der Waals surface area contributed by atoms with E-state index >= 15 is 0 Å². The molecule has 0 aromatic heterocycles. The molecule has 2 fully saturated rings. The van der Waals surface area contributed by atoms with Crippen molar-refractivity contribution in [3.05, 3.63) is 0 Å². The first-order valence-corrected chi connectivity index (χ1v) is 4.75. The Kier molecular flexibility index (Phi) is 1.86. The fraction of sp³-hybridized carbons (Fsp3) is 1.00. The highest BCUT2D eigenvalue weighted by molar-refractivity contribution is 5.00. The van der Waals surface area contributed by atoms with E-state index in [1.165, 1.54) is 0 Å². The van der Waals surface area contributed by atoms with Crippen molar-refractivity contribution in [1.82, 2.24) is 5.32 Å². The molecule has 1 saturated heterocycles. The quantitative estimate of drug-likeness (QED) is 0.595. The minimum atomic E-state index is -2.41. The minimum Gasteiger partial charge on any atom is -0.316 e. The van der Waals surface area contributed by atoms with Crippen LogP contribution < -0.4 is 5.32 Å². The molecule has 0 radical (unpaired) electrons. The van der Waals surface area contributed by atoms with Gasteiger partial charge in [0, 0.05) is 24.9 Å². The second kappa shape index (κ2) is 2.66. The minimum absolute atomic E-state index is 0.0347. The largest absolute Gasteiger partial charge is 0.316 e. The molecule has 1 aliphatic carbocycles. The highest BCUT2D eigenvalue weighted by Crippen LogP contribution is 2.51. The van der Waals surface area contributed by atoms with E-state index in [1.807, 2.05) is 0 Å². The van der Waals surface area contributed by atoms with Crippen molar-refractivity contribution in [2.45, 2.75) is 38.0 Å². The Hall–Kier alpha value is -0.180. The van der Waals surface area contributed by atoms with Gasteiger partial charge in [-0.25, -0.2) is 8.78 Å². The zero-order valence-electron chi connectivity index (χ0n) is 7.21. The van der Waals surface area contributed by atoms with Gasteiger partial charge in [0.2, 0.25) is 0 Å². The summed E-state index contributed by atoms with van der Waals surface area (Å²) in [4.78, 5) is 0. The van der Waals surface area contributed by atoms with E-state index in [9.17, 15) is 8.78 Å². The fourth-order valence-electron chi connectivity index (χ4n) is 2.56. The molecule has 2 aliphatic rings. The Morgan fingerprint density at radius 2 is 1.67 bits per heavy atom. The van der Waals surface area contributed by atoms with Crippen LogP contribution in [0.15, 0.2) is 0 Å². The SMILES string of the molecule is FC1(F)CCNCC12CCCC2. The molecule has 1 saturated carbocycles. The van der Waals surface area contributed by atoms with Crippen LogP contribution in [0.5, 0.6) is 0 Å². The van der Waals surface area contributed by atoms with Crippen molar-refractivity contribution >= 4 is 0 Å². The van der Waals surface area contributed by atoms with Crippen LogP contribution in [0.4, 0.5) is 8.78 Å². The summed E-state index contributed by atoms with van der Waals surface area (Å²) in [5, 5.41) is 3.09. The lowest BCUT2D eigenvalue weighted by atomic mass is 9.76. The predicted molar refractivity (Wildman–Crippen MR) is 43.3 cm³/mol. The van der Waals surface area contributed by atoms with Crippen LogP contribution in [0.2, 0.25) is 0 Å². The molecular weight excluding hydrogens is 160 g/mol. The predicted octanol–water partition coefficient (Wildman–Crippen LogP) is 2.18. The summed E-state index contributed by atoms with van der Waals surface area (Å²) in [6.07, 6.45) is 3.43. The first-order valence-electron chi connectivity index (χ1n) is 4.75.